The number of hydrogen-bond donors (Lipinski definition) is 2. The summed E-state index contributed by atoms with van der Waals surface area (Å²) in [6.07, 6.45) is 2.05. The van der Waals surface area contributed by atoms with Crippen molar-refractivity contribution in [3.8, 4) is 11.5 Å². The van der Waals surface area contributed by atoms with E-state index < -0.39 is 5.82 Å². The first-order valence-electron chi connectivity index (χ1n) is 9.38. The molecule has 5 nitrogen and oxygen atoms in total. The molecule has 2 aromatic carbocycles. The smallest absolute Gasteiger partial charge is 0.194 e. The van der Waals surface area contributed by atoms with Crippen LogP contribution >= 0.6 is 0 Å². The molecule has 0 saturated carbocycles. The Bertz CT molecular complexity index is 759. The molecule has 2 N–H and O–H groups in total. The summed E-state index contributed by atoms with van der Waals surface area (Å²) in [5.41, 5.74) is 0.725. The average Bonchev–Trinajstić information content (AvgIpc) is 2.69. The summed E-state index contributed by atoms with van der Waals surface area (Å²) in [7, 11) is 0. The Hall–Kier alpha value is -2.76. The van der Waals surface area contributed by atoms with Crippen molar-refractivity contribution in [2.45, 2.75) is 32.4 Å². The SMILES string of the molecule is CCNC(=NCc1ccc(O)c(F)c1)N1CCC(Oc2ccccc2)CC1. The number of piperidine rings is 1. The zero-order valence-corrected chi connectivity index (χ0v) is 15.6. The molecule has 0 atom stereocenters. The fourth-order valence-electron chi connectivity index (χ4n) is 3.12. The number of likely N-dealkylation sites (tertiary alicyclic amines) is 1. The Labute approximate surface area is 159 Å². The Balaban J connectivity index is 1.58. The number of phenolic OH excluding ortho intramolecular Hbond substituents is 1. The molecule has 1 aliphatic heterocycles. The van der Waals surface area contributed by atoms with Crippen LogP contribution in [0.2, 0.25) is 0 Å². The van der Waals surface area contributed by atoms with E-state index in [0.29, 0.717) is 6.54 Å². The molecule has 0 aliphatic carbocycles. The maximum Gasteiger partial charge on any atom is 0.194 e. The second-order valence-electron chi connectivity index (χ2n) is 6.57. The van der Waals surface area contributed by atoms with Crippen molar-refractivity contribution in [3.05, 3.63) is 59.9 Å². The normalized spacial score (nSPS) is 15.6. The molecule has 0 bridgehead atoms. The van der Waals surface area contributed by atoms with E-state index in [1.165, 1.54) is 12.1 Å². The van der Waals surface area contributed by atoms with E-state index in [9.17, 15) is 9.50 Å². The number of ether oxygens (including phenoxy) is 1. The summed E-state index contributed by atoms with van der Waals surface area (Å²) >= 11 is 0. The summed E-state index contributed by atoms with van der Waals surface area (Å²) in [5.74, 6) is 0.775. The predicted molar refractivity (Wildman–Crippen MR) is 105 cm³/mol. The number of rotatable bonds is 5. The monoisotopic (exact) mass is 371 g/mol. The van der Waals surface area contributed by atoms with Crippen LogP contribution in [0.5, 0.6) is 11.5 Å². The summed E-state index contributed by atoms with van der Waals surface area (Å²) in [6, 6.07) is 14.3. The van der Waals surface area contributed by atoms with Crippen molar-refractivity contribution >= 4 is 5.96 Å². The van der Waals surface area contributed by atoms with E-state index in [1.54, 1.807) is 6.07 Å². The van der Waals surface area contributed by atoms with E-state index in [1.807, 2.05) is 37.3 Å². The maximum atomic E-state index is 13.5. The zero-order chi connectivity index (χ0) is 19.1. The van der Waals surface area contributed by atoms with Gasteiger partial charge >= 0.3 is 0 Å². The molecular formula is C21H26FN3O2. The molecule has 0 unspecified atom stereocenters. The van der Waals surface area contributed by atoms with Crippen LogP contribution in [0.25, 0.3) is 0 Å². The highest BCUT2D eigenvalue weighted by atomic mass is 19.1. The third-order valence-corrected chi connectivity index (χ3v) is 4.55. The minimum Gasteiger partial charge on any atom is -0.505 e. The highest BCUT2D eigenvalue weighted by molar-refractivity contribution is 5.80. The second kappa shape index (κ2) is 9.26. The fourth-order valence-corrected chi connectivity index (χ4v) is 3.12. The van der Waals surface area contributed by atoms with Crippen molar-refractivity contribution in [2.24, 2.45) is 4.99 Å². The van der Waals surface area contributed by atoms with Gasteiger partial charge < -0.3 is 20.1 Å². The third kappa shape index (κ3) is 5.36. The van der Waals surface area contributed by atoms with Crippen LogP contribution in [0.15, 0.2) is 53.5 Å². The lowest BCUT2D eigenvalue weighted by molar-refractivity contribution is 0.129. The third-order valence-electron chi connectivity index (χ3n) is 4.55. The van der Waals surface area contributed by atoms with Crippen LogP contribution in [0.1, 0.15) is 25.3 Å². The quantitative estimate of drug-likeness (QED) is 0.624. The van der Waals surface area contributed by atoms with Gasteiger partial charge in [-0.05, 0) is 36.8 Å². The molecule has 0 aromatic heterocycles. The number of guanidine groups is 1. The van der Waals surface area contributed by atoms with Crippen molar-refractivity contribution in [3.63, 3.8) is 0 Å². The van der Waals surface area contributed by atoms with Gasteiger partial charge in [0.1, 0.15) is 11.9 Å². The standard InChI is InChI=1S/C21H26FN3O2/c1-2-23-21(24-15-16-8-9-20(26)19(22)14-16)25-12-10-18(11-13-25)27-17-6-4-3-5-7-17/h3-9,14,18,26H,2,10-13,15H2,1H3,(H,23,24). The number of aliphatic imine (C=N–C) groups is 1. The molecule has 0 radical (unpaired) electrons. The molecule has 3 rings (SSSR count). The van der Waals surface area contributed by atoms with Crippen LogP contribution < -0.4 is 10.1 Å². The van der Waals surface area contributed by atoms with Crippen molar-refractivity contribution in [2.75, 3.05) is 19.6 Å². The number of benzene rings is 2. The largest absolute Gasteiger partial charge is 0.505 e. The molecule has 2 aromatic rings. The first kappa shape index (κ1) is 19.0. The molecular weight excluding hydrogens is 345 g/mol. The van der Waals surface area contributed by atoms with E-state index in [-0.39, 0.29) is 11.9 Å². The summed E-state index contributed by atoms with van der Waals surface area (Å²) < 4.78 is 19.5. The first-order valence-corrected chi connectivity index (χ1v) is 9.38. The lowest BCUT2D eigenvalue weighted by Gasteiger charge is -2.34. The molecule has 0 amide bonds. The van der Waals surface area contributed by atoms with Gasteiger partial charge in [0.2, 0.25) is 0 Å². The molecule has 27 heavy (non-hydrogen) atoms. The van der Waals surface area contributed by atoms with Gasteiger partial charge in [0.25, 0.3) is 0 Å². The first-order chi connectivity index (χ1) is 13.2. The predicted octanol–water partition coefficient (Wildman–Crippen LogP) is 3.54. The van der Waals surface area contributed by atoms with Gasteiger partial charge in [0.05, 0.1) is 6.54 Å². The lowest BCUT2D eigenvalue weighted by atomic mass is 10.1. The van der Waals surface area contributed by atoms with Crippen LogP contribution in [-0.4, -0.2) is 41.7 Å². The molecule has 1 fully saturated rings. The molecule has 1 saturated heterocycles. The summed E-state index contributed by atoms with van der Waals surface area (Å²) in [4.78, 5) is 6.84. The number of nitrogens with zero attached hydrogens (tertiary/aromatic N) is 2. The van der Waals surface area contributed by atoms with Crippen molar-refractivity contribution in [1.29, 1.82) is 0 Å². The number of aromatic hydroxyl groups is 1. The molecule has 6 heteroatoms. The van der Waals surface area contributed by atoms with Gasteiger partial charge in [-0.2, -0.15) is 0 Å². The zero-order valence-electron chi connectivity index (χ0n) is 15.6. The number of nitrogens with one attached hydrogen (secondary N) is 1. The number of phenols is 1. The second-order valence-corrected chi connectivity index (χ2v) is 6.57. The summed E-state index contributed by atoms with van der Waals surface area (Å²) in [5, 5.41) is 12.6. The van der Waals surface area contributed by atoms with E-state index in [4.69, 9.17) is 4.74 Å². The average molecular weight is 371 g/mol. The molecule has 1 aliphatic rings. The van der Waals surface area contributed by atoms with Crippen LogP contribution in [0.4, 0.5) is 4.39 Å². The topological polar surface area (TPSA) is 57.1 Å². The van der Waals surface area contributed by atoms with Gasteiger partial charge in [0, 0.05) is 32.5 Å². The van der Waals surface area contributed by atoms with Crippen LogP contribution in [0, 0.1) is 5.82 Å². The highest BCUT2D eigenvalue weighted by Gasteiger charge is 2.22. The maximum absolute atomic E-state index is 13.5. The fraction of sp³-hybridized carbons (Fsp3) is 0.381. The van der Waals surface area contributed by atoms with Crippen molar-refractivity contribution in [1.82, 2.24) is 10.2 Å². The van der Waals surface area contributed by atoms with Crippen molar-refractivity contribution < 1.29 is 14.2 Å². The van der Waals surface area contributed by atoms with Gasteiger partial charge in [-0.1, -0.05) is 24.3 Å². The van der Waals surface area contributed by atoms with Crippen LogP contribution in [0.3, 0.4) is 0 Å². The molecule has 144 valence electrons. The minimum atomic E-state index is -0.619. The highest BCUT2D eigenvalue weighted by Crippen LogP contribution is 2.19. The Morgan fingerprint density at radius 3 is 2.63 bits per heavy atom. The number of para-hydroxylation sites is 1. The Morgan fingerprint density at radius 1 is 1.22 bits per heavy atom. The van der Waals surface area contributed by atoms with Gasteiger partial charge in [0.15, 0.2) is 17.5 Å². The lowest BCUT2D eigenvalue weighted by Crippen LogP contribution is -2.47. The minimum absolute atomic E-state index is 0.206. The number of hydrogen-bond acceptors (Lipinski definition) is 3. The Morgan fingerprint density at radius 2 is 1.96 bits per heavy atom. The number of halogens is 1. The molecule has 1 heterocycles. The van der Waals surface area contributed by atoms with Gasteiger partial charge in [-0.25, -0.2) is 9.38 Å². The molecule has 0 spiro atoms. The summed E-state index contributed by atoms with van der Waals surface area (Å²) in [6.45, 7) is 4.87. The van der Waals surface area contributed by atoms with Gasteiger partial charge in [-0.3, -0.25) is 0 Å². The van der Waals surface area contributed by atoms with E-state index in [0.717, 1.165) is 49.7 Å². The van der Waals surface area contributed by atoms with E-state index in [2.05, 4.69) is 15.2 Å². The van der Waals surface area contributed by atoms with E-state index >= 15 is 0 Å². The van der Waals surface area contributed by atoms with Crippen LogP contribution in [-0.2, 0) is 6.54 Å². The Kier molecular flexibility index (Phi) is 6.52. The van der Waals surface area contributed by atoms with Gasteiger partial charge in [-0.15, -0.1) is 0 Å².